The predicted octanol–water partition coefficient (Wildman–Crippen LogP) is 3.06. The summed E-state index contributed by atoms with van der Waals surface area (Å²) < 4.78 is 63.4. The Balaban J connectivity index is 2.70. The average molecular weight is 212 g/mol. The first kappa shape index (κ1) is 10.7. The highest BCUT2D eigenvalue weighted by molar-refractivity contribution is 5.22. The van der Waals surface area contributed by atoms with Crippen molar-refractivity contribution in [2.45, 2.75) is 12.5 Å². The zero-order valence-corrected chi connectivity index (χ0v) is 6.68. The quantitative estimate of drug-likeness (QED) is 0.684. The van der Waals surface area contributed by atoms with Gasteiger partial charge in [0.2, 0.25) is 0 Å². The minimum atomic E-state index is -5.10. The maximum absolute atomic E-state index is 12.4. The highest BCUT2D eigenvalue weighted by atomic mass is 19.4. The normalized spacial score (nSPS) is 13.8. The van der Waals surface area contributed by atoms with E-state index < -0.39 is 24.1 Å². The Labute approximate surface area is 76.1 Å². The van der Waals surface area contributed by atoms with E-state index in [0.717, 1.165) is 18.2 Å². The van der Waals surface area contributed by atoms with Gasteiger partial charge in [-0.2, -0.15) is 17.6 Å². The fourth-order valence-electron chi connectivity index (χ4n) is 0.727. The van der Waals surface area contributed by atoms with Gasteiger partial charge in [0.1, 0.15) is 11.6 Å². The Hall–Kier alpha value is -1.33. The Kier molecular flexibility index (Phi) is 2.93. The molecule has 1 aromatic carbocycles. The molecule has 0 aliphatic heterocycles. The van der Waals surface area contributed by atoms with E-state index in [2.05, 4.69) is 4.74 Å². The fourth-order valence-corrected chi connectivity index (χ4v) is 0.727. The molecule has 0 aliphatic rings. The molecule has 1 nitrogen and oxygen atoms in total. The van der Waals surface area contributed by atoms with E-state index in [1.165, 1.54) is 0 Å². The van der Waals surface area contributed by atoms with Crippen molar-refractivity contribution in [1.82, 2.24) is 0 Å². The first-order valence-electron chi connectivity index (χ1n) is 3.52. The van der Waals surface area contributed by atoms with Crippen LogP contribution in [0.1, 0.15) is 0 Å². The number of hydrogen-bond donors (Lipinski definition) is 0. The van der Waals surface area contributed by atoms with E-state index in [1.54, 1.807) is 0 Å². The zero-order valence-electron chi connectivity index (χ0n) is 6.68. The Morgan fingerprint density at radius 2 is 1.86 bits per heavy atom. The van der Waals surface area contributed by atoms with Gasteiger partial charge in [-0.05, 0) is 12.1 Å². The predicted molar refractivity (Wildman–Crippen MR) is 38.0 cm³/mol. The highest BCUT2D eigenvalue weighted by Crippen LogP contribution is 2.26. The number of benzene rings is 1. The summed E-state index contributed by atoms with van der Waals surface area (Å²) in [4.78, 5) is 0. The second-order valence-electron chi connectivity index (χ2n) is 2.43. The summed E-state index contributed by atoms with van der Waals surface area (Å²) in [6.45, 7) is 0. The summed E-state index contributed by atoms with van der Waals surface area (Å²) in [6.07, 6.45) is -8.55. The smallest absolute Gasteiger partial charge is 0.452 e. The van der Waals surface area contributed by atoms with Crippen LogP contribution < -0.4 is 4.74 Å². The van der Waals surface area contributed by atoms with Crippen LogP contribution in [0.4, 0.5) is 22.0 Å². The second kappa shape index (κ2) is 3.81. The van der Waals surface area contributed by atoms with Crippen LogP contribution >= 0.6 is 0 Å². The lowest BCUT2D eigenvalue weighted by atomic mass is 10.3. The molecule has 0 N–H and O–H groups in total. The minimum Gasteiger partial charge on any atom is -0.452 e. The molecule has 0 aliphatic carbocycles. The molecule has 1 unspecified atom stereocenters. The molecular weight excluding hydrogens is 207 g/mol. The van der Waals surface area contributed by atoms with Gasteiger partial charge in [-0.3, -0.25) is 0 Å². The lowest BCUT2D eigenvalue weighted by molar-refractivity contribution is -0.236. The monoisotopic (exact) mass is 212 g/mol. The van der Waals surface area contributed by atoms with Crippen molar-refractivity contribution < 1.29 is 26.7 Å². The van der Waals surface area contributed by atoms with E-state index >= 15 is 0 Å². The molecule has 0 bridgehead atoms. The Morgan fingerprint density at radius 1 is 1.21 bits per heavy atom. The molecule has 14 heavy (non-hydrogen) atoms. The first-order valence-corrected chi connectivity index (χ1v) is 3.52. The van der Waals surface area contributed by atoms with Crippen molar-refractivity contribution in [2.24, 2.45) is 0 Å². The van der Waals surface area contributed by atoms with Crippen molar-refractivity contribution in [3.63, 3.8) is 0 Å². The van der Waals surface area contributed by atoms with Crippen LogP contribution in [0.5, 0.6) is 5.75 Å². The van der Waals surface area contributed by atoms with Crippen molar-refractivity contribution >= 4 is 0 Å². The van der Waals surface area contributed by atoms with Crippen LogP contribution in [0, 0.1) is 5.82 Å². The van der Waals surface area contributed by atoms with Crippen LogP contribution in [0.15, 0.2) is 24.3 Å². The molecule has 6 heteroatoms. The summed E-state index contributed by atoms with van der Waals surface area (Å²) in [6, 6.07) is 3.82. The number of alkyl halides is 4. The summed E-state index contributed by atoms with van der Waals surface area (Å²) in [5.74, 6) is -1.30. The molecule has 1 atom stereocenters. The zero-order chi connectivity index (χ0) is 10.8. The van der Waals surface area contributed by atoms with E-state index in [9.17, 15) is 22.0 Å². The van der Waals surface area contributed by atoms with Crippen LogP contribution in [-0.2, 0) is 0 Å². The number of ether oxygens (including phenoxy) is 1. The van der Waals surface area contributed by atoms with Gasteiger partial charge in [0.15, 0.2) is 0 Å². The molecule has 0 spiro atoms. The van der Waals surface area contributed by atoms with Gasteiger partial charge < -0.3 is 4.74 Å². The van der Waals surface area contributed by atoms with E-state index in [1.807, 2.05) is 0 Å². The van der Waals surface area contributed by atoms with E-state index in [0.29, 0.717) is 6.07 Å². The lowest BCUT2D eigenvalue weighted by Crippen LogP contribution is -2.29. The van der Waals surface area contributed by atoms with Crippen LogP contribution in [0.3, 0.4) is 0 Å². The van der Waals surface area contributed by atoms with Gasteiger partial charge in [0, 0.05) is 6.07 Å². The van der Waals surface area contributed by atoms with Gasteiger partial charge in [-0.25, -0.2) is 4.39 Å². The van der Waals surface area contributed by atoms with Crippen LogP contribution in [0.25, 0.3) is 0 Å². The summed E-state index contributed by atoms with van der Waals surface area (Å²) >= 11 is 0. The maximum Gasteiger partial charge on any atom is 0.457 e. The highest BCUT2D eigenvalue weighted by Gasteiger charge is 2.42. The maximum atomic E-state index is 12.4. The van der Waals surface area contributed by atoms with Gasteiger partial charge in [0.25, 0.3) is 0 Å². The van der Waals surface area contributed by atoms with Crippen LogP contribution in [0.2, 0.25) is 0 Å². The third kappa shape index (κ3) is 2.86. The standard InChI is InChI=1S/C8H5F5O/c9-5-2-1-3-6(4-5)14-7(10)8(11,12)13/h1-4,7H. The molecule has 0 radical (unpaired) electrons. The summed E-state index contributed by atoms with van der Waals surface area (Å²) in [5.41, 5.74) is 0. The molecule has 78 valence electrons. The van der Waals surface area contributed by atoms with Crippen molar-refractivity contribution in [3.05, 3.63) is 30.1 Å². The number of rotatable bonds is 2. The topological polar surface area (TPSA) is 9.23 Å². The summed E-state index contributed by atoms with van der Waals surface area (Å²) in [5, 5.41) is 0. The summed E-state index contributed by atoms with van der Waals surface area (Å²) in [7, 11) is 0. The van der Waals surface area contributed by atoms with Crippen molar-refractivity contribution in [2.75, 3.05) is 0 Å². The first-order chi connectivity index (χ1) is 6.39. The van der Waals surface area contributed by atoms with E-state index in [-0.39, 0.29) is 0 Å². The molecule has 0 aromatic heterocycles. The van der Waals surface area contributed by atoms with Crippen molar-refractivity contribution in [1.29, 1.82) is 0 Å². The molecule has 0 amide bonds. The lowest BCUT2D eigenvalue weighted by Gasteiger charge is -2.13. The van der Waals surface area contributed by atoms with Crippen LogP contribution in [-0.4, -0.2) is 12.5 Å². The largest absolute Gasteiger partial charge is 0.457 e. The number of hydrogen-bond acceptors (Lipinski definition) is 1. The molecule has 0 saturated carbocycles. The number of halogens is 5. The van der Waals surface area contributed by atoms with Crippen molar-refractivity contribution in [3.8, 4) is 5.75 Å². The Bertz CT molecular complexity index is 309. The third-order valence-corrected chi connectivity index (χ3v) is 1.29. The molecular formula is C8H5F5O. The van der Waals surface area contributed by atoms with E-state index in [4.69, 9.17) is 0 Å². The Morgan fingerprint density at radius 3 is 2.36 bits per heavy atom. The fraction of sp³-hybridized carbons (Fsp3) is 0.250. The minimum absolute atomic E-state index is 0.505. The third-order valence-electron chi connectivity index (χ3n) is 1.29. The van der Waals surface area contributed by atoms with Gasteiger partial charge in [-0.1, -0.05) is 6.07 Å². The average Bonchev–Trinajstić information content (AvgIpc) is 2.02. The van der Waals surface area contributed by atoms with Gasteiger partial charge in [-0.15, -0.1) is 0 Å². The second-order valence-corrected chi connectivity index (χ2v) is 2.43. The van der Waals surface area contributed by atoms with Gasteiger partial charge >= 0.3 is 12.5 Å². The van der Waals surface area contributed by atoms with Gasteiger partial charge in [0.05, 0.1) is 0 Å². The molecule has 0 heterocycles. The molecule has 1 aromatic rings. The SMILES string of the molecule is Fc1cccc(OC(F)C(F)(F)F)c1. The molecule has 0 saturated heterocycles. The molecule has 1 rings (SSSR count). The molecule has 0 fully saturated rings.